The van der Waals surface area contributed by atoms with Crippen LogP contribution >= 0.6 is 0 Å². The zero-order valence-electron chi connectivity index (χ0n) is 20.4. The van der Waals surface area contributed by atoms with Gasteiger partial charge in [-0.1, -0.05) is 24.3 Å². The molecule has 1 unspecified atom stereocenters. The number of amidine groups is 1. The van der Waals surface area contributed by atoms with Crippen molar-refractivity contribution < 1.29 is 13.2 Å². The van der Waals surface area contributed by atoms with Crippen LogP contribution in [0.1, 0.15) is 29.9 Å². The van der Waals surface area contributed by atoms with Gasteiger partial charge in [-0.2, -0.15) is 4.31 Å². The van der Waals surface area contributed by atoms with Gasteiger partial charge in [-0.3, -0.25) is 9.98 Å². The van der Waals surface area contributed by atoms with Crippen molar-refractivity contribution in [1.82, 2.24) is 19.8 Å². The summed E-state index contributed by atoms with van der Waals surface area (Å²) < 4.78 is 31.2. The summed E-state index contributed by atoms with van der Waals surface area (Å²) in [4.78, 5) is 11.6. The Kier molecular flexibility index (Phi) is 7.06. The maximum Gasteiger partial charge on any atom is 0.211 e. The van der Waals surface area contributed by atoms with Crippen LogP contribution in [0.4, 0.5) is 0 Å². The maximum absolute atomic E-state index is 12.0. The molecule has 4 aliphatic heterocycles. The first-order valence-electron chi connectivity index (χ1n) is 12.3. The maximum atomic E-state index is 12.0. The number of aliphatic imine (C=N–C) groups is 2. The molecule has 2 fully saturated rings. The monoisotopic (exact) mass is 498 g/mol. The fourth-order valence-corrected chi connectivity index (χ4v) is 5.89. The van der Waals surface area contributed by atoms with Crippen LogP contribution < -0.4 is 10.6 Å². The van der Waals surface area contributed by atoms with Crippen LogP contribution in [0.15, 0.2) is 52.7 Å². The van der Waals surface area contributed by atoms with E-state index in [-0.39, 0.29) is 12.1 Å². The Morgan fingerprint density at radius 2 is 1.97 bits per heavy atom. The van der Waals surface area contributed by atoms with Crippen molar-refractivity contribution in [1.29, 1.82) is 0 Å². The largest absolute Gasteiger partial charge is 0.374 e. The van der Waals surface area contributed by atoms with Crippen LogP contribution in [0.2, 0.25) is 0 Å². The van der Waals surface area contributed by atoms with Gasteiger partial charge in [0.2, 0.25) is 10.0 Å². The molecule has 4 aliphatic rings. The molecule has 5 rings (SSSR count). The lowest BCUT2D eigenvalue weighted by molar-refractivity contribution is 0.00501. The van der Waals surface area contributed by atoms with Crippen molar-refractivity contribution >= 4 is 27.3 Å². The number of rotatable bonds is 5. The van der Waals surface area contributed by atoms with E-state index in [2.05, 4.69) is 50.9 Å². The lowest BCUT2D eigenvalue weighted by atomic mass is 9.89. The van der Waals surface area contributed by atoms with Crippen LogP contribution in [0.25, 0.3) is 5.70 Å². The van der Waals surface area contributed by atoms with Crippen LogP contribution in [0.5, 0.6) is 0 Å². The number of benzene rings is 1. The molecule has 1 aromatic rings. The lowest BCUT2D eigenvalue weighted by Gasteiger charge is -2.34. The molecule has 0 radical (unpaired) electrons. The predicted octanol–water partition coefficient (Wildman–Crippen LogP) is 1.38. The van der Waals surface area contributed by atoms with Gasteiger partial charge >= 0.3 is 0 Å². The molecular formula is C25H34N6O3S. The second-order valence-corrected chi connectivity index (χ2v) is 11.6. The summed E-state index contributed by atoms with van der Waals surface area (Å²) >= 11 is 0. The molecular weight excluding hydrogens is 464 g/mol. The van der Waals surface area contributed by atoms with Gasteiger partial charge in [0.05, 0.1) is 31.6 Å². The third kappa shape index (κ3) is 5.50. The zero-order valence-corrected chi connectivity index (χ0v) is 21.2. The molecule has 35 heavy (non-hydrogen) atoms. The number of ether oxygens (including phenoxy) is 1. The number of piperidine rings is 1. The molecule has 188 valence electrons. The number of fused-ring (bicyclic) bond motifs is 1. The van der Waals surface area contributed by atoms with Crippen molar-refractivity contribution in [2.75, 3.05) is 52.6 Å². The first kappa shape index (κ1) is 24.2. The Bertz CT molecular complexity index is 1150. The fourth-order valence-electron chi connectivity index (χ4n) is 5.05. The van der Waals surface area contributed by atoms with Crippen LogP contribution in [-0.2, 0) is 14.8 Å². The van der Waals surface area contributed by atoms with Gasteiger partial charge in [-0.05, 0) is 49.1 Å². The van der Waals surface area contributed by atoms with E-state index in [0.717, 1.165) is 30.1 Å². The normalized spacial score (nSPS) is 27.3. The first-order chi connectivity index (χ1) is 16.9. The molecule has 0 aliphatic carbocycles. The molecule has 10 heteroatoms. The molecule has 2 N–H and O–H groups in total. The highest BCUT2D eigenvalue weighted by molar-refractivity contribution is 7.88. The molecule has 2 saturated heterocycles. The molecule has 0 spiro atoms. The standard InChI is InChI=1S/C25H34N6O3S/c1-30-12-11-27-24-23(30)15-22(20-5-3-18(4-6-20)19-7-9-26-10-8-19)29-25(24)28-16-21-17-31(13-14-34-21)35(2,32)33/h3-6,11-12,15,19,21,23,26H,7-10,13-14,16-17H2,1-2H3,(H,28,29)/t21-,23?/m1/s1. The number of nitrogens with zero attached hydrogens (tertiary/aromatic N) is 4. The third-order valence-corrected chi connectivity index (χ3v) is 8.38. The highest BCUT2D eigenvalue weighted by Crippen LogP contribution is 2.28. The molecule has 0 amide bonds. The van der Waals surface area contributed by atoms with Gasteiger partial charge in [-0.15, -0.1) is 0 Å². The minimum atomic E-state index is -3.25. The van der Waals surface area contributed by atoms with Gasteiger partial charge in [0.1, 0.15) is 11.5 Å². The van der Waals surface area contributed by atoms with Gasteiger partial charge in [0, 0.05) is 38.2 Å². The minimum Gasteiger partial charge on any atom is -0.374 e. The zero-order chi connectivity index (χ0) is 24.4. The highest BCUT2D eigenvalue weighted by Gasteiger charge is 2.31. The minimum absolute atomic E-state index is 0.0288. The summed E-state index contributed by atoms with van der Waals surface area (Å²) in [6, 6.07) is 8.83. The number of hydrogen-bond acceptors (Lipinski definition) is 7. The molecule has 1 aromatic carbocycles. The van der Waals surface area contributed by atoms with Crippen molar-refractivity contribution in [3.8, 4) is 0 Å². The van der Waals surface area contributed by atoms with Crippen molar-refractivity contribution in [3.63, 3.8) is 0 Å². The number of hydrogen-bond donors (Lipinski definition) is 2. The topological polar surface area (TPSA) is 98.6 Å². The van der Waals surface area contributed by atoms with Crippen LogP contribution in [-0.4, -0.2) is 94.0 Å². The molecule has 0 bridgehead atoms. The summed E-state index contributed by atoms with van der Waals surface area (Å²) in [5, 5.41) is 6.93. The van der Waals surface area contributed by atoms with Crippen molar-refractivity contribution in [2.45, 2.75) is 30.9 Å². The number of sulfonamides is 1. The van der Waals surface area contributed by atoms with E-state index in [1.54, 1.807) is 6.20 Å². The molecule has 9 nitrogen and oxygen atoms in total. The van der Waals surface area contributed by atoms with E-state index in [1.165, 1.54) is 29.0 Å². The number of likely N-dealkylation sites (N-methyl/N-ethyl adjacent to an activating group) is 1. The van der Waals surface area contributed by atoms with Crippen LogP contribution in [0.3, 0.4) is 0 Å². The Hall–Kier alpha value is -2.53. The van der Waals surface area contributed by atoms with Gasteiger partial charge in [0.15, 0.2) is 0 Å². The summed E-state index contributed by atoms with van der Waals surface area (Å²) in [7, 11) is -1.22. The fraction of sp³-hybridized carbons (Fsp3) is 0.520. The van der Waals surface area contributed by atoms with E-state index in [9.17, 15) is 8.42 Å². The smallest absolute Gasteiger partial charge is 0.211 e. The predicted molar refractivity (Wildman–Crippen MR) is 139 cm³/mol. The molecule has 2 atom stereocenters. The Morgan fingerprint density at radius 1 is 1.20 bits per heavy atom. The SMILES string of the molecule is CN1C=CN=C2C(=NC[C@@H]3CN(S(C)(=O)=O)CCO3)NC(c3ccc(C4CCNCC4)cc3)=CC21. The average molecular weight is 499 g/mol. The van der Waals surface area contributed by atoms with Gasteiger partial charge in [-0.25, -0.2) is 8.42 Å². The summed E-state index contributed by atoms with van der Waals surface area (Å²) in [5.41, 5.74) is 4.34. The van der Waals surface area contributed by atoms with Gasteiger partial charge < -0.3 is 20.3 Å². The molecule has 4 heterocycles. The molecule has 0 saturated carbocycles. The Balaban J connectivity index is 1.36. The highest BCUT2D eigenvalue weighted by atomic mass is 32.2. The van der Waals surface area contributed by atoms with Crippen molar-refractivity contribution in [3.05, 3.63) is 53.9 Å². The van der Waals surface area contributed by atoms with E-state index in [4.69, 9.17) is 9.73 Å². The summed E-state index contributed by atoms with van der Waals surface area (Å²) in [6.07, 6.45) is 9.22. The average Bonchev–Trinajstić information content (AvgIpc) is 2.88. The quantitative estimate of drug-likeness (QED) is 0.637. The summed E-state index contributed by atoms with van der Waals surface area (Å²) in [5.74, 6) is 1.32. The number of morpholine rings is 1. The number of nitrogens with one attached hydrogen (secondary N) is 2. The Labute approximate surface area is 207 Å². The van der Waals surface area contributed by atoms with E-state index in [1.807, 2.05) is 13.2 Å². The van der Waals surface area contributed by atoms with E-state index < -0.39 is 10.0 Å². The molecule has 0 aromatic heterocycles. The Morgan fingerprint density at radius 3 is 2.71 bits per heavy atom. The van der Waals surface area contributed by atoms with E-state index in [0.29, 0.717) is 38.0 Å². The summed E-state index contributed by atoms with van der Waals surface area (Å²) in [6.45, 7) is 3.58. The second kappa shape index (κ2) is 10.2. The second-order valence-electron chi connectivity index (χ2n) is 9.58. The first-order valence-corrected chi connectivity index (χ1v) is 14.1. The third-order valence-electron chi connectivity index (χ3n) is 7.11. The van der Waals surface area contributed by atoms with Gasteiger partial charge in [0.25, 0.3) is 0 Å². The van der Waals surface area contributed by atoms with Crippen LogP contribution in [0, 0.1) is 0 Å². The lowest BCUT2D eigenvalue weighted by Crippen LogP contribution is -2.49. The van der Waals surface area contributed by atoms with E-state index >= 15 is 0 Å². The van der Waals surface area contributed by atoms with Crippen molar-refractivity contribution in [2.24, 2.45) is 9.98 Å².